The summed E-state index contributed by atoms with van der Waals surface area (Å²) < 4.78 is 0. The molecule has 0 fully saturated rings. The quantitative estimate of drug-likeness (QED) is 0.874. The highest BCUT2D eigenvalue weighted by molar-refractivity contribution is 7.09. The second kappa shape index (κ2) is 7.97. The van der Waals surface area contributed by atoms with Crippen LogP contribution in [-0.2, 0) is 24.2 Å². The van der Waals surface area contributed by atoms with Crippen LogP contribution in [-0.4, -0.2) is 36.5 Å². The van der Waals surface area contributed by atoms with Crippen LogP contribution < -0.4 is 10.6 Å². The maximum atomic E-state index is 12.3. The summed E-state index contributed by atoms with van der Waals surface area (Å²) in [6.45, 7) is 1.93. The van der Waals surface area contributed by atoms with Crippen molar-refractivity contribution in [1.29, 1.82) is 0 Å². The molecule has 1 aliphatic heterocycles. The Morgan fingerprint density at radius 2 is 1.92 bits per heavy atom. The Balaban J connectivity index is 1.38. The molecule has 3 rings (SSSR count). The second-order valence-corrected chi connectivity index (χ2v) is 6.81. The van der Waals surface area contributed by atoms with Crippen LogP contribution >= 0.6 is 11.3 Å². The molecule has 2 heterocycles. The van der Waals surface area contributed by atoms with Crippen molar-refractivity contribution in [2.75, 3.05) is 19.6 Å². The zero-order chi connectivity index (χ0) is 16.8. The molecule has 0 unspecified atom stereocenters. The van der Waals surface area contributed by atoms with Crippen LogP contribution in [0.5, 0.6) is 0 Å². The van der Waals surface area contributed by atoms with E-state index >= 15 is 0 Å². The van der Waals surface area contributed by atoms with Crippen molar-refractivity contribution in [3.63, 3.8) is 0 Å². The number of benzene rings is 1. The summed E-state index contributed by atoms with van der Waals surface area (Å²) in [7, 11) is 0. The molecule has 0 atom stereocenters. The SMILES string of the molecule is O=C(NCCc1cccs1)NCC(=O)N1CCc2ccccc2C1. The molecular weight excluding hydrogens is 322 g/mol. The third kappa shape index (κ3) is 4.35. The molecule has 0 radical (unpaired) electrons. The predicted molar refractivity (Wildman–Crippen MR) is 95.0 cm³/mol. The van der Waals surface area contributed by atoms with Crippen LogP contribution in [0, 0.1) is 0 Å². The van der Waals surface area contributed by atoms with E-state index in [1.165, 1.54) is 16.0 Å². The lowest BCUT2D eigenvalue weighted by Crippen LogP contribution is -2.45. The molecule has 0 saturated carbocycles. The van der Waals surface area contributed by atoms with Crippen molar-refractivity contribution in [3.05, 3.63) is 57.8 Å². The summed E-state index contributed by atoms with van der Waals surface area (Å²) in [6.07, 6.45) is 1.68. The van der Waals surface area contributed by atoms with Crippen LogP contribution in [0.15, 0.2) is 41.8 Å². The van der Waals surface area contributed by atoms with Gasteiger partial charge in [0.15, 0.2) is 0 Å². The van der Waals surface area contributed by atoms with E-state index in [0.29, 0.717) is 19.6 Å². The van der Waals surface area contributed by atoms with Gasteiger partial charge in [-0.25, -0.2) is 4.79 Å². The molecule has 1 aromatic carbocycles. The van der Waals surface area contributed by atoms with Gasteiger partial charge in [-0.2, -0.15) is 0 Å². The van der Waals surface area contributed by atoms with Crippen LogP contribution in [0.3, 0.4) is 0 Å². The predicted octanol–water partition coefficient (Wildman–Crippen LogP) is 2.17. The average molecular weight is 343 g/mol. The molecule has 126 valence electrons. The minimum Gasteiger partial charge on any atom is -0.338 e. The lowest BCUT2D eigenvalue weighted by molar-refractivity contribution is -0.130. The van der Waals surface area contributed by atoms with Crippen molar-refractivity contribution < 1.29 is 9.59 Å². The second-order valence-electron chi connectivity index (χ2n) is 5.77. The number of rotatable bonds is 5. The molecule has 2 aromatic rings. The number of carbonyl (C=O) groups is 2. The molecule has 0 saturated heterocycles. The number of thiophene rings is 1. The summed E-state index contributed by atoms with van der Waals surface area (Å²) >= 11 is 1.67. The van der Waals surface area contributed by atoms with E-state index in [4.69, 9.17) is 0 Å². The molecule has 3 amide bonds. The highest BCUT2D eigenvalue weighted by Gasteiger charge is 2.20. The first-order chi connectivity index (χ1) is 11.7. The standard InChI is InChI=1S/C18H21N3O2S/c22-17(21-10-8-14-4-1-2-5-15(14)13-21)12-20-18(23)19-9-7-16-6-3-11-24-16/h1-6,11H,7-10,12-13H2,(H2,19,20,23). The van der Waals surface area contributed by atoms with Gasteiger partial charge in [-0.15, -0.1) is 11.3 Å². The number of nitrogens with one attached hydrogen (secondary N) is 2. The molecule has 24 heavy (non-hydrogen) atoms. The highest BCUT2D eigenvalue weighted by atomic mass is 32.1. The molecule has 0 bridgehead atoms. The smallest absolute Gasteiger partial charge is 0.315 e. The van der Waals surface area contributed by atoms with Crippen LogP contribution in [0.25, 0.3) is 0 Å². The molecule has 5 nitrogen and oxygen atoms in total. The zero-order valence-corrected chi connectivity index (χ0v) is 14.3. The van der Waals surface area contributed by atoms with Crippen molar-refractivity contribution in [2.24, 2.45) is 0 Å². The summed E-state index contributed by atoms with van der Waals surface area (Å²) in [5, 5.41) is 7.45. The first-order valence-corrected chi connectivity index (χ1v) is 8.99. The minimum absolute atomic E-state index is 0.0347. The van der Waals surface area contributed by atoms with Gasteiger partial charge in [-0.1, -0.05) is 30.3 Å². The Bertz CT molecular complexity index is 700. The number of amides is 3. The maximum Gasteiger partial charge on any atom is 0.315 e. The van der Waals surface area contributed by atoms with Crippen molar-refractivity contribution in [3.8, 4) is 0 Å². The van der Waals surface area contributed by atoms with Crippen LogP contribution in [0.2, 0.25) is 0 Å². The number of hydrogen-bond acceptors (Lipinski definition) is 3. The van der Waals surface area contributed by atoms with E-state index in [1.807, 2.05) is 29.6 Å². The normalized spacial score (nSPS) is 13.2. The van der Waals surface area contributed by atoms with Gasteiger partial charge in [0.05, 0.1) is 6.54 Å². The monoisotopic (exact) mass is 343 g/mol. The Labute approximate surface area is 145 Å². The number of hydrogen-bond donors (Lipinski definition) is 2. The Kier molecular flexibility index (Phi) is 5.48. The number of carbonyl (C=O) groups excluding carboxylic acids is 2. The van der Waals surface area contributed by atoms with E-state index < -0.39 is 0 Å². The van der Waals surface area contributed by atoms with Gasteiger partial charge >= 0.3 is 6.03 Å². The largest absolute Gasteiger partial charge is 0.338 e. The fraction of sp³-hybridized carbons (Fsp3) is 0.333. The van der Waals surface area contributed by atoms with E-state index in [0.717, 1.165) is 12.8 Å². The van der Waals surface area contributed by atoms with Crippen LogP contribution in [0.4, 0.5) is 4.79 Å². The molecule has 1 aliphatic rings. The Morgan fingerprint density at radius 3 is 2.71 bits per heavy atom. The first kappa shape index (κ1) is 16.5. The molecule has 0 aliphatic carbocycles. The summed E-state index contributed by atoms with van der Waals surface area (Å²) in [6, 6.07) is 11.9. The summed E-state index contributed by atoms with van der Waals surface area (Å²) in [5.74, 6) is -0.0436. The maximum absolute atomic E-state index is 12.3. The number of fused-ring (bicyclic) bond motifs is 1. The number of nitrogens with zero attached hydrogens (tertiary/aromatic N) is 1. The molecule has 2 N–H and O–H groups in total. The average Bonchev–Trinajstić information content (AvgIpc) is 3.12. The third-order valence-corrected chi connectivity index (χ3v) is 5.06. The molecule has 1 aromatic heterocycles. The molecular formula is C18H21N3O2S. The minimum atomic E-state index is -0.294. The lowest BCUT2D eigenvalue weighted by atomic mass is 10.00. The third-order valence-electron chi connectivity index (χ3n) is 4.12. The fourth-order valence-electron chi connectivity index (χ4n) is 2.79. The number of urea groups is 1. The van der Waals surface area contributed by atoms with E-state index in [9.17, 15) is 9.59 Å². The van der Waals surface area contributed by atoms with Crippen molar-refractivity contribution >= 4 is 23.3 Å². The van der Waals surface area contributed by atoms with Gasteiger partial charge in [0.2, 0.25) is 5.91 Å². The van der Waals surface area contributed by atoms with E-state index in [-0.39, 0.29) is 18.5 Å². The van der Waals surface area contributed by atoms with Crippen molar-refractivity contribution in [2.45, 2.75) is 19.4 Å². The van der Waals surface area contributed by atoms with E-state index in [2.05, 4.69) is 22.8 Å². The molecule has 6 heteroatoms. The zero-order valence-electron chi connectivity index (χ0n) is 13.5. The van der Waals surface area contributed by atoms with Gasteiger partial charge in [-0.05, 0) is 35.4 Å². The Morgan fingerprint density at radius 1 is 1.08 bits per heavy atom. The van der Waals surface area contributed by atoms with Gasteiger partial charge < -0.3 is 15.5 Å². The van der Waals surface area contributed by atoms with Crippen molar-refractivity contribution in [1.82, 2.24) is 15.5 Å². The van der Waals surface area contributed by atoms with Gasteiger partial charge in [-0.3, -0.25) is 4.79 Å². The summed E-state index contributed by atoms with van der Waals surface area (Å²) in [5.41, 5.74) is 2.50. The lowest BCUT2D eigenvalue weighted by Gasteiger charge is -2.29. The van der Waals surface area contributed by atoms with E-state index in [1.54, 1.807) is 16.2 Å². The van der Waals surface area contributed by atoms with Gasteiger partial charge in [0.1, 0.15) is 0 Å². The summed E-state index contributed by atoms with van der Waals surface area (Å²) in [4.78, 5) is 27.1. The molecule has 0 spiro atoms. The fourth-order valence-corrected chi connectivity index (χ4v) is 3.50. The Hall–Kier alpha value is -2.34. The van der Waals surface area contributed by atoms with Crippen LogP contribution in [0.1, 0.15) is 16.0 Å². The first-order valence-electron chi connectivity index (χ1n) is 8.11. The topological polar surface area (TPSA) is 61.4 Å². The van der Waals surface area contributed by atoms with Gasteiger partial charge in [0.25, 0.3) is 0 Å². The van der Waals surface area contributed by atoms with Gasteiger partial charge in [0, 0.05) is 24.5 Å². The highest BCUT2D eigenvalue weighted by Crippen LogP contribution is 2.18.